The summed E-state index contributed by atoms with van der Waals surface area (Å²) in [5.41, 5.74) is 2.85. The number of benzene rings is 1. The van der Waals surface area contributed by atoms with E-state index in [0.717, 1.165) is 29.7 Å². The summed E-state index contributed by atoms with van der Waals surface area (Å²) in [5, 5.41) is 18.1. The summed E-state index contributed by atoms with van der Waals surface area (Å²) in [5.74, 6) is 0.481. The van der Waals surface area contributed by atoms with Gasteiger partial charge < -0.3 is 10.6 Å². The quantitative estimate of drug-likeness (QED) is 0.118. The molecule has 2 aromatic rings. The Labute approximate surface area is 211 Å². The summed E-state index contributed by atoms with van der Waals surface area (Å²) in [6, 6.07) is 5.83. The molecule has 0 unspecified atom stereocenters. The third kappa shape index (κ3) is 10.6. The molecule has 1 aromatic carbocycles. The van der Waals surface area contributed by atoms with E-state index in [4.69, 9.17) is 0 Å². The molecule has 35 heavy (non-hydrogen) atoms. The summed E-state index contributed by atoms with van der Waals surface area (Å²) < 4.78 is 0. The van der Waals surface area contributed by atoms with E-state index in [9.17, 15) is 10.1 Å². The average Bonchev–Trinajstić information content (AvgIpc) is 2.84. The highest BCUT2D eigenvalue weighted by molar-refractivity contribution is 5.75. The van der Waals surface area contributed by atoms with Crippen molar-refractivity contribution in [3.8, 4) is 0 Å². The van der Waals surface area contributed by atoms with Crippen molar-refractivity contribution in [3.05, 3.63) is 45.8 Å². The highest BCUT2D eigenvalue weighted by atomic mass is 16.6. The number of rotatable bonds is 19. The molecule has 0 saturated carbocycles. The molecule has 0 aliphatic rings. The Morgan fingerprint density at radius 3 is 1.91 bits per heavy atom. The number of aromatic nitrogens is 2. The van der Waals surface area contributed by atoms with E-state index in [1.165, 1.54) is 83.4 Å². The van der Waals surface area contributed by atoms with Crippen molar-refractivity contribution in [2.24, 2.45) is 0 Å². The standard InChI is InChI=1S/C28H45N5O2/c1-4-5-6-7-8-9-10-11-12-13-14-15-16-17-21-29-27-26(33(34)35)28(31-22-30-27)32-25-20-18-19-23(2)24(25)3/h18-20,22H,4-17,21H2,1-3H3,(H2,29,30,31,32). The number of aryl methyl sites for hydroxylation is 1. The van der Waals surface area contributed by atoms with E-state index in [-0.39, 0.29) is 17.3 Å². The van der Waals surface area contributed by atoms with Crippen LogP contribution in [0.4, 0.5) is 23.0 Å². The third-order valence-corrected chi connectivity index (χ3v) is 6.69. The van der Waals surface area contributed by atoms with Crippen molar-refractivity contribution in [3.63, 3.8) is 0 Å². The lowest BCUT2D eigenvalue weighted by Gasteiger charge is -2.12. The average molecular weight is 484 g/mol. The Bertz CT molecular complexity index is 888. The lowest BCUT2D eigenvalue weighted by molar-refractivity contribution is -0.383. The lowest BCUT2D eigenvalue weighted by atomic mass is 10.0. The fourth-order valence-corrected chi connectivity index (χ4v) is 4.31. The molecule has 0 spiro atoms. The monoisotopic (exact) mass is 483 g/mol. The van der Waals surface area contributed by atoms with Gasteiger partial charge in [-0.1, -0.05) is 103 Å². The second-order valence-electron chi connectivity index (χ2n) is 9.57. The van der Waals surface area contributed by atoms with Crippen LogP contribution in [0, 0.1) is 24.0 Å². The minimum atomic E-state index is -0.416. The molecule has 0 aliphatic carbocycles. The minimum Gasteiger partial charge on any atom is -0.364 e. The van der Waals surface area contributed by atoms with Gasteiger partial charge in [-0.05, 0) is 37.5 Å². The van der Waals surface area contributed by atoms with Crippen LogP contribution >= 0.6 is 0 Å². The Morgan fingerprint density at radius 2 is 1.34 bits per heavy atom. The first-order valence-corrected chi connectivity index (χ1v) is 13.6. The zero-order valence-electron chi connectivity index (χ0n) is 22.1. The van der Waals surface area contributed by atoms with Crippen molar-refractivity contribution < 1.29 is 4.92 Å². The van der Waals surface area contributed by atoms with Crippen LogP contribution in [0.5, 0.6) is 0 Å². The van der Waals surface area contributed by atoms with Gasteiger partial charge in [-0.3, -0.25) is 10.1 Å². The van der Waals surface area contributed by atoms with Gasteiger partial charge in [0, 0.05) is 12.2 Å². The third-order valence-electron chi connectivity index (χ3n) is 6.69. The first kappa shape index (κ1) is 28.5. The van der Waals surface area contributed by atoms with Crippen LogP contribution in [-0.2, 0) is 0 Å². The van der Waals surface area contributed by atoms with Crippen molar-refractivity contribution in [1.82, 2.24) is 9.97 Å². The topological polar surface area (TPSA) is 93.0 Å². The molecule has 1 heterocycles. The van der Waals surface area contributed by atoms with Crippen LogP contribution in [0.15, 0.2) is 24.5 Å². The molecule has 0 aliphatic heterocycles. The van der Waals surface area contributed by atoms with Crippen LogP contribution in [0.2, 0.25) is 0 Å². The Balaban J connectivity index is 1.66. The zero-order chi connectivity index (χ0) is 25.3. The number of hydrogen-bond donors (Lipinski definition) is 2. The van der Waals surface area contributed by atoms with Gasteiger partial charge in [0.15, 0.2) is 0 Å². The van der Waals surface area contributed by atoms with Gasteiger partial charge in [0.05, 0.1) is 4.92 Å². The number of nitro groups is 1. The van der Waals surface area contributed by atoms with Gasteiger partial charge in [0.25, 0.3) is 0 Å². The largest absolute Gasteiger partial charge is 0.364 e. The van der Waals surface area contributed by atoms with Crippen molar-refractivity contribution >= 4 is 23.0 Å². The number of nitrogens with one attached hydrogen (secondary N) is 2. The molecule has 0 radical (unpaired) electrons. The number of anilines is 3. The molecule has 1 aromatic heterocycles. The minimum absolute atomic E-state index is 0.112. The zero-order valence-corrected chi connectivity index (χ0v) is 22.1. The highest BCUT2D eigenvalue weighted by Gasteiger charge is 2.23. The molecule has 0 fully saturated rings. The fraction of sp³-hybridized carbons (Fsp3) is 0.643. The normalized spacial score (nSPS) is 10.9. The van der Waals surface area contributed by atoms with Gasteiger partial charge in [-0.15, -0.1) is 0 Å². The summed E-state index contributed by atoms with van der Waals surface area (Å²) in [7, 11) is 0. The number of nitrogens with zero attached hydrogens (tertiary/aromatic N) is 3. The van der Waals surface area contributed by atoms with Crippen LogP contribution in [-0.4, -0.2) is 21.4 Å². The molecule has 0 bridgehead atoms. The van der Waals surface area contributed by atoms with Crippen molar-refractivity contribution in [1.29, 1.82) is 0 Å². The fourth-order valence-electron chi connectivity index (χ4n) is 4.31. The van der Waals surface area contributed by atoms with Gasteiger partial charge in [-0.2, -0.15) is 0 Å². The van der Waals surface area contributed by atoms with E-state index in [1.807, 2.05) is 32.0 Å². The second kappa shape index (κ2) is 16.8. The van der Waals surface area contributed by atoms with E-state index in [0.29, 0.717) is 6.54 Å². The maximum absolute atomic E-state index is 11.8. The van der Waals surface area contributed by atoms with Gasteiger partial charge >= 0.3 is 5.69 Å². The molecule has 7 nitrogen and oxygen atoms in total. The number of unbranched alkanes of at least 4 members (excludes halogenated alkanes) is 13. The predicted octanol–water partition coefficient (Wildman–Crippen LogP) is 8.64. The summed E-state index contributed by atoms with van der Waals surface area (Å²) in [6.07, 6.45) is 19.7. The van der Waals surface area contributed by atoms with Gasteiger partial charge in [0.2, 0.25) is 11.6 Å². The smallest absolute Gasteiger partial charge is 0.353 e. The molecule has 0 saturated heterocycles. The Morgan fingerprint density at radius 1 is 0.800 bits per heavy atom. The Hall–Kier alpha value is -2.70. The van der Waals surface area contributed by atoms with Crippen molar-refractivity contribution in [2.75, 3.05) is 17.2 Å². The van der Waals surface area contributed by atoms with Crippen molar-refractivity contribution in [2.45, 2.75) is 111 Å². The van der Waals surface area contributed by atoms with Crippen LogP contribution < -0.4 is 10.6 Å². The highest BCUT2D eigenvalue weighted by Crippen LogP contribution is 2.32. The maximum atomic E-state index is 11.8. The molecule has 194 valence electrons. The molecule has 0 atom stereocenters. The molecular formula is C28H45N5O2. The van der Waals surface area contributed by atoms with Gasteiger partial charge in [-0.25, -0.2) is 9.97 Å². The van der Waals surface area contributed by atoms with Gasteiger partial charge in [0.1, 0.15) is 6.33 Å². The van der Waals surface area contributed by atoms with E-state index in [1.54, 1.807) is 0 Å². The SMILES string of the molecule is CCCCCCCCCCCCCCCCNc1ncnc(Nc2cccc(C)c2C)c1[N+](=O)[O-]. The van der Waals surface area contributed by atoms with Crippen LogP contribution in [0.3, 0.4) is 0 Å². The predicted molar refractivity (Wildman–Crippen MR) is 147 cm³/mol. The van der Waals surface area contributed by atoms with Crippen LogP contribution in [0.1, 0.15) is 108 Å². The second-order valence-corrected chi connectivity index (χ2v) is 9.57. The number of hydrogen-bond acceptors (Lipinski definition) is 6. The summed E-state index contributed by atoms with van der Waals surface area (Å²) in [6.45, 7) is 6.93. The lowest BCUT2D eigenvalue weighted by Crippen LogP contribution is -2.09. The Kier molecular flexibility index (Phi) is 13.7. The van der Waals surface area contributed by atoms with E-state index < -0.39 is 4.92 Å². The van der Waals surface area contributed by atoms with Crippen LogP contribution in [0.25, 0.3) is 0 Å². The van der Waals surface area contributed by atoms with E-state index >= 15 is 0 Å². The molecule has 2 rings (SSSR count). The first-order valence-electron chi connectivity index (χ1n) is 13.6. The summed E-state index contributed by atoms with van der Waals surface area (Å²) >= 11 is 0. The molecule has 2 N–H and O–H groups in total. The maximum Gasteiger partial charge on any atom is 0.353 e. The first-order chi connectivity index (χ1) is 17.0. The summed E-state index contributed by atoms with van der Waals surface area (Å²) in [4.78, 5) is 19.7. The molecular weight excluding hydrogens is 438 g/mol. The van der Waals surface area contributed by atoms with E-state index in [2.05, 4.69) is 27.5 Å². The molecule has 7 heteroatoms. The molecule has 0 amide bonds.